The number of likely N-dealkylation sites (tertiary alicyclic amines) is 1. The fraction of sp³-hybridized carbons (Fsp3) is 0.800. The SMILES string of the molecule is CNC(=O)C(=O)[C@H](CCC(C)(F)F)NC(=O)[C@@H]1[C@@H]2[C@H](CN1C(=O)[C@@H](NC(=O)OC)C(C)(C)C)CC2(C)C. The summed E-state index contributed by atoms with van der Waals surface area (Å²) in [4.78, 5) is 65.4. The van der Waals surface area contributed by atoms with E-state index in [1.165, 1.54) is 19.1 Å². The number of halogens is 2. The van der Waals surface area contributed by atoms with Crippen molar-refractivity contribution in [2.45, 2.75) is 84.9 Å². The van der Waals surface area contributed by atoms with Gasteiger partial charge in [0.1, 0.15) is 12.1 Å². The van der Waals surface area contributed by atoms with Gasteiger partial charge in [-0.25, -0.2) is 13.6 Å². The highest BCUT2D eigenvalue weighted by molar-refractivity contribution is 6.38. The lowest BCUT2D eigenvalue weighted by Gasteiger charge is -2.49. The van der Waals surface area contributed by atoms with E-state index in [1.54, 1.807) is 20.8 Å². The van der Waals surface area contributed by atoms with Gasteiger partial charge in [0.15, 0.2) is 0 Å². The highest BCUT2D eigenvalue weighted by Crippen LogP contribution is 2.57. The minimum absolute atomic E-state index is 0.0153. The molecule has 0 spiro atoms. The molecule has 0 aromatic carbocycles. The average Bonchev–Trinajstić information content (AvgIpc) is 3.12. The zero-order chi connectivity index (χ0) is 28.5. The summed E-state index contributed by atoms with van der Waals surface area (Å²) in [6, 6.07) is -3.50. The highest BCUT2D eigenvalue weighted by atomic mass is 19.3. The maximum absolute atomic E-state index is 13.8. The lowest BCUT2D eigenvalue weighted by molar-refractivity contribution is -0.146. The number of nitrogens with zero attached hydrogens (tertiary/aromatic N) is 1. The molecule has 0 aromatic rings. The molecule has 12 heteroatoms. The van der Waals surface area contributed by atoms with E-state index in [-0.39, 0.29) is 23.8 Å². The van der Waals surface area contributed by atoms with Crippen molar-refractivity contribution >= 4 is 29.6 Å². The Morgan fingerprint density at radius 3 is 2.14 bits per heavy atom. The Labute approximate surface area is 216 Å². The van der Waals surface area contributed by atoms with Crippen LogP contribution in [-0.2, 0) is 23.9 Å². The predicted octanol–water partition coefficient (Wildman–Crippen LogP) is 1.87. The van der Waals surface area contributed by atoms with E-state index < -0.39 is 71.9 Å². The van der Waals surface area contributed by atoms with Crippen LogP contribution in [0, 0.1) is 22.7 Å². The molecule has 0 radical (unpaired) electrons. The first-order valence-electron chi connectivity index (χ1n) is 12.4. The van der Waals surface area contributed by atoms with Crippen LogP contribution in [0.15, 0.2) is 0 Å². The number of hydrogen-bond acceptors (Lipinski definition) is 6. The number of methoxy groups -OCH3 is 1. The minimum atomic E-state index is -3.11. The predicted molar refractivity (Wildman–Crippen MR) is 131 cm³/mol. The summed E-state index contributed by atoms with van der Waals surface area (Å²) in [5.41, 5.74) is -1.03. The zero-order valence-corrected chi connectivity index (χ0v) is 22.9. The highest BCUT2D eigenvalue weighted by Gasteiger charge is 2.61. The number of nitrogens with one attached hydrogen (secondary N) is 3. The molecule has 3 N–H and O–H groups in total. The molecule has 0 unspecified atom stereocenters. The molecule has 0 bridgehead atoms. The number of ketones is 1. The van der Waals surface area contributed by atoms with Gasteiger partial charge in [-0.1, -0.05) is 34.6 Å². The Hall–Kier alpha value is -2.79. The van der Waals surface area contributed by atoms with Gasteiger partial charge in [-0.2, -0.15) is 0 Å². The first kappa shape index (κ1) is 30.4. The second-order valence-electron chi connectivity index (χ2n) is 12.0. The molecule has 1 saturated carbocycles. The maximum atomic E-state index is 13.8. The van der Waals surface area contributed by atoms with E-state index in [1.807, 2.05) is 13.8 Å². The molecule has 210 valence electrons. The molecule has 1 aliphatic heterocycles. The Balaban J connectivity index is 2.40. The van der Waals surface area contributed by atoms with Gasteiger partial charge in [0.25, 0.3) is 5.91 Å². The Morgan fingerprint density at radius 2 is 1.68 bits per heavy atom. The molecule has 37 heavy (non-hydrogen) atoms. The van der Waals surface area contributed by atoms with Crippen LogP contribution in [0.1, 0.15) is 60.8 Å². The maximum Gasteiger partial charge on any atom is 0.407 e. The number of alkyl carbamates (subject to hydrolysis) is 1. The Kier molecular flexibility index (Phi) is 8.97. The van der Waals surface area contributed by atoms with Gasteiger partial charge >= 0.3 is 6.09 Å². The van der Waals surface area contributed by atoms with E-state index in [0.717, 1.165) is 6.42 Å². The molecule has 2 rings (SSSR count). The molecule has 5 atom stereocenters. The second kappa shape index (κ2) is 10.9. The van der Waals surface area contributed by atoms with E-state index in [9.17, 15) is 32.8 Å². The molecule has 4 amide bonds. The van der Waals surface area contributed by atoms with Gasteiger partial charge in [0, 0.05) is 20.0 Å². The van der Waals surface area contributed by atoms with E-state index in [4.69, 9.17) is 0 Å². The monoisotopic (exact) mass is 530 g/mol. The summed E-state index contributed by atoms with van der Waals surface area (Å²) in [5, 5.41) is 7.22. The number of likely N-dealkylation sites (N-methyl/N-ethyl adjacent to an activating group) is 1. The number of carbonyl (C=O) groups excluding carboxylic acids is 5. The largest absolute Gasteiger partial charge is 0.453 e. The fourth-order valence-corrected chi connectivity index (χ4v) is 5.57. The van der Waals surface area contributed by atoms with Crippen molar-refractivity contribution in [3.05, 3.63) is 0 Å². The first-order valence-corrected chi connectivity index (χ1v) is 12.4. The lowest BCUT2D eigenvalue weighted by atomic mass is 9.55. The van der Waals surface area contributed by atoms with Gasteiger partial charge < -0.3 is 25.6 Å². The van der Waals surface area contributed by atoms with Gasteiger partial charge in [-0.3, -0.25) is 19.2 Å². The van der Waals surface area contributed by atoms with Crippen LogP contribution in [-0.4, -0.2) is 79.2 Å². The van der Waals surface area contributed by atoms with E-state index >= 15 is 0 Å². The Bertz CT molecular complexity index is 927. The van der Waals surface area contributed by atoms with Crippen molar-refractivity contribution in [1.82, 2.24) is 20.9 Å². The number of rotatable bonds is 9. The average molecular weight is 531 g/mol. The third-order valence-electron chi connectivity index (χ3n) is 7.37. The topological polar surface area (TPSA) is 134 Å². The van der Waals surface area contributed by atoms with Crippen LogP contribution >= 0.6 is 0 Å². The quantitative estimate of drug-likeness (QED) is 0.390. The molecular formula is C25H40F2N4O6. The second-order valence-corrected chi connectivity index (χ2v) is 12.0. The van der Waals surface area contributed by atoms with Crippen LogP contribution < -0.4 is 16.0 Å². The van der Waals surface area contributed by atoms with Crippen molar-refractivity contribution in [2.24, 2.45) is 22.7 Å². The summed E-state index contributed by atoms with van der Waals surface area (Å²) in [5.74, 6) is -6.58. The van der Waals surface area contributed by atoms with Crippen molar-refractivity contribution in [1.29, 1.82) is 0 Å². The fourth-order valence-electron chi connectivity index (χ4n) is 5.57. The Morgan fingerprint density at radius 1 is 1.08 bits per heavy atom. The normalized spacial score (nSPS) is 24.2. The van der Waals surface area contributed by atoms with Crippen molar-refractivity contribution < 1.29 is 37.5 Å². The first-order chi connectivity index (χ1) is 16.8. The molecule has 10 nitrogen and oxygen atoms in total. The third kappa shape index (κ3) is 6.95. The van der Waals surface area contributed by atoms with Crippen LogP contribution in [0.25, 0.3) is 0 Å². The molecule has 1 heterocycles. The van der Waals surface area contributed by atoms with E-state index in [0.29, 0.717) is 6.92 Å². The summed E-state index contributed by atoms with van der Waals surface area (Å²) >= 11 is 0. The van der Waals surface area contributed by atoms with Crippen LogP contribution in [0.3, 0.4) is 0 Å². The third-order valence-corrected chi connectivity index (χ3v) is 7.37. The summed E-state index contributed by atoms with van der Waals surface area (Å²) in [7, 11) is 2.41. The van der Waals surface area contributed by atoms with Crippen LogP contribution in [0.2, 0.25) is 0 Å². The summed E-state index contributed by atoms with van der Waals surface area (Å²) < 4.78 is 31.8. The number of carbonyl (C=O) groups is 5. The number of fused-ring (bicyclic) bond motifs is 1. The van der Waals surface area contributed by atoms with Gasteiger partial charge in [-0.15, -0.1) is 0 Å². The molecular weight excluding hydrogens is 490 g/mol. The minimum Gasteiger partial charge on any atom is -0.453 e. The van der Waals surface area contributed by atoms with Gasteiger partial charge in [0.05, 0.1) is 13.2 Å². The number of Topliss-reactive ketones (excluding diaryl/α,β-unsaturated/α-hetero) is 1. The zero-order valence-electron chi connectivity index (χ0n) is 22.9. The summed E-state index contributed by atoms with van der Waals surface area (Å²) in [6.07, 6.45) is -1.21. The number of ether oxygens (including phenoxy) is 1. The van der Waals surface area contributed by atoms with Crippen molar-refractivity contribution in [3.8, 4) is 0 Å². The molecule has 1 aliphatic carbocycles. The van der Waals surface area contributed by atoms with Crippen molar-refractivity contribution in [3.63, 3.8) is 0 Å². The van der Waals surface area contributed by atoms with Gasteiger partial charge in [0.2, 0.25) is 23.5 Å². The van der Waals surface area contributed by atoms with Crippen LogP contribution in [0.5, 0.6) is 0 Å². The molecule has 1 saturated heterocycles. The smallest absolute Gasteiger partial charge is 0.407 e. The van der Waals surface area contributed by atoms with E-state index in [2.05, 4.69) is 20.7 Å². The number of hydrogen-bond donors (Lipinski definition) is 3. The van der Waals surface area contributed by atoms with Crippen molar-refractivity contribution in [2.75, 3.05) is 20.7 Å². The molecule has 0 aromatic heterocycles. The number of alkyl halides is 2. The number of amides is 4. The molecule has 2 fully saturated rings. The standard InChI is InChI=1S/C25H40F2N4O6/c1-23(2,3)18(30-22(36)37-8)21(35)31-12-13-11-24(4,5)15(13)16(31)19(33)29-14(9-10-25(6,26)27)17(32)20(34)28-7/h13-16,18H,9-12H2,1-8H3,(H,28,34)(H,29,33)(H,30,36)/t13-,14-,15-,16-,18+/m0/s1. The lowest BCUT2D eigenvalue weighted by Crippen LogP contribution is -2.61. The van der Waals surface area contributed by atoms with Gasteiger partial charge in [-0.05, 0) is 42.4 Å². The molecule has 2 aliphatic rings. The summed E-state index contributed by atoms with van der Waals surface area (Å²) in [6.45, 7) is 10.2. The van der Waals surface area contributed by atoms with Crippen LogP contribution in [0.4, 0.5) is 13.6 Å².